The number of hydrogen-bond acceptors (Lipinski definition) is 5. The van der Waals surface area contributed by atoms with Crippen LogP contribution in [0.3, 0.4) is 0 Å². The molecule has 35 heavy (non-hydrogen) atoms. The van der Waals surface area contributed by atoms with E-state index in [-0.39, 0.29) is 19.7 Å². The molecule has 8 nitrogen and oxygen atoms in total. The average molecular weight is 512 g/mol. The van der Waals surface area contributed by atoms with E-state index in [1.165, 1.54) is 0 Å². The summed E-state index contributed by atoms with van der Waals surface area (Å²) in [5.41, 5.74) is 2.26. The number of rotatable bonds is 7. The molecule has 196 valence electrons. The maximum Gasteiger partial charge on any atom is 0.418 e. The summed E-state index contributed by atoms with van der Waals surface area (Å²) < 4.78 is 85.6. The molecule has 2 rings (SSSR count). The number of carbonyl (C=O) groups is 3. The maximum atomic E-state index is 13.7. The van der Waals surface area contributed by atoms with Crippen molar-refractivity contribution in [1.82, 2.24) is 4.90 Å². The molecule has 0 saturated carbocycles. The molecule has 3 N–H and O–H groups in total. The Morgan fingerprint density at radius 1 is 1.14 bits per heavy atom. The van der Waals surface area contributed by atoms with Gasteiger partial charge in [0.2, 0.25) is 5.91 Å². The van der Waals surface area contributed by atoms with Gasteiger partial charge in [-0.05, 0) is 23.6 Å². The first-order valence-electron chi connectivity index (χ1n) is 10.4. The van der Waals surface area contributed by atoms with Crippen LogP contribution >= 0.6 is 0 Å². The highest BCUT2D eigenvalue weighted by Crippen LogP contribution is 2.39. The summed E-state index contributed by atoms with van der Waals surface area (Å²) >= 11 is 0. The van der Waals surface area contributed by atoms with E-state index >= 15 is 0 Å². The van der Waals surface area contributed by atoms with Gasteiger partial charge in [-0.1, -0.05) is 20.8 Å². The minimum absolute atomic E-state index is 0.0185. The molecule has 1 aromatic rings. The second kappa shape index (κ2) is 10.4. The van der Waals surface area contributed by atoms with Crippen molar-refractivity contribution in [2.75, 3.05) is 43.1 Å². The largest absolute Gasteiger partial charge is 0.418 e. The average Bonchev–Trinajstić information content (AvgIpc) is 2.65. The molecule has 0 unspecified atom stereocenters. The summed E-state index contributed by atoms with van der Waals surface area (Å²) in [5.74, 6) is -3.42. The summed E-state index contributed by atoms with van der Waals surface area (Å²) in [4.78, 5) is 38.2. The van der Waals surface area contributed by atoms with Crippen molar-refractivity contribution in [2.45, 2.75) is 39.2 Å². The number of amides is 3. The van der Waals surface area contributed by atoms with E-state index in [1.54, 1.807) is 20.8 Å². The van der Waals surface area contributed by atoms with Crippen LogP contribution in [0.4, 0.5) is 37.7 Å². The zero-order chi connectivity index (χ0) is 26.8. The Kier molecular flexibility index (Phi) is 8.43. The van der Waals surface area contributed by atoms with E-state index in [1.807, 2.05) is 0 Å². The van der Waals surface area contributed by atoms with Crippen molar-refractivity contribution in [3.8, 4) is 0 Å². The second-order valence-electron chi connectivity index (χ2n) is 9.20. The van der Waals surface area contributed by atoms with Crippen LogP contribution in [0.1, 0.15) is 26.3 Å². The van der Waals surface area contributed by atoms with E-state index in [0.717, 1.165) is 17.0 Å². The number of ether oxygens (including phenoxy) is 1. The van der Waals surface area contributed by atoms with Crippen molar-refractivity contribution in [3.05, 3.63) is 23.8 Å². The van der Waals surface area contributed by atoms with Gasteiger partial charge in [-0.25, -0.2) is 0 Å². The van der Waals surface area contributed by atoms with Gasteiger partial charge in [-0.15, -0.1) is 0 Å². The molecule has 0 aromatic heterocycles. The van der Waals surface area contributed by atoms with Crippen LogP contribution in [0.2, 0.25) is 0 Å². The number of halogens is 6. The number of nitrogens with zero attached hydrogens (tertiary/aromatic N) is 2. The van der Waals surface area contributed by atoms with Gasteiger partial charge in [0, 0.05) is 18.8 Å². The molecule has 3 amide bonds. The van der Waals surface area contributed by atoms with E-state index in [2.05, 4.69) is 5.32 Å². The molecule has 0 bridgehead atoms. The Morgan fingerprint density at radius 2 is 1.77 bits per heavy atom. The molecule has 0 aliphatic carbocycles. The van der Waals surface area contributed by atoms with Crippen LogP contribution in [0.5, 0.6) is 0 Å². The lowest BCUT2D eigenvalue weighted by Crippen LogP contribution is -2.56. The minimum Gasteiger partial charge on any atom is -0.370 e. The molecular weight excluding hydrogens is 486 g/mol. The Bertz CT molecular complexity index is 943. The van der Waals surface area contributed by atoms with Crippen molar-refractivity contribution >= 4 is 29.1 Å². The lowest BCUT2D eigenvalue weighted by atomic mass is 9.95. The third kappa shape index (κ3) is 8.09. The second-order valence-corrected chi connectivity index (χ2v) is 9.20. The van der Waals surface area contributed by atoms with E-state index in [0.29, 0.717) is 11.0 Å². The summed E-state index contributed by atoms with van der Waals surface area (Å²) in [6.07, 6.45) is -9.72. The molecule has 0 spiro atoms. The van der Waals surface area contributed by atoms with E-state index in [9.17, 15) is 40.7 Å². The summed E-state index contributed by atoms with van der Waals surface area (Å²) in [6, 6.07) is 0.419. The third-order valence-corrected chi connectivity index (χ3v) is 4.79. The Hall–Kier alpha value is -2.87. The van der Waals surface area contributed by atoms with Crippen LogP contribution in [0.25, 0.3) is 0 Å². The summed E-state index contributed by atoms with van der Waals surface area (Å²) in [7, 11) is 0. The maximum absolute atomic E-state index is 13.7. The number of nitrogens with one attached hydrogen (secondary N) is 1. The number of nitrogens with two attached hydrogens (primary N) is 1. The normalized spacial score (nSPS) is 16.4. The number of hydrogen-bond donors (Lipinski definition) is 2. The Morgan fingerprint density at radius 3 is 2.26 bits per heavy atom. The predicted molar refractivity (Wildman–Crippen MR) is 113 cm³/mol. The fourth-order valence-electron chi connectivity index (χ4n) is 3.61. The molecule has 1 heterocycles. The van der Waals surface area contributed by atoms with Gasteiger partial charge in [0.15, 0.2) is 6.04 Å². The molecule has 1 aliphatic heterocycles. The van der Waals surface area contributed by atoms with Crippen molar-refractivity contribution in [3.63, 3.8) is 0 Å². The number of primary amides is 1. The monoisotopic (exact) mass is 512 g/mol. The fourth-order valence-corrected chi connectivity index (χ4v) is 3.61. The number of alkyl halides is 6. The highest BCUT2D eigenvalue weighted by atomic mass is 19.4. The highest BCUT2D eigenvalue weighted by molar-refractivity contribution is 6.09. The van der Waals surface area contributed by atoms with Gasteiger partial charge >= 0.3 is 12.4 Å². The zero-order valence-electron chi connectivity index (χ0n) is 19.2. The lowest BCUT2D eigenvalue weighted by Gasteiger charge is -2.34. The smallest absolute Gasteiger partial charge is 0.370 e. The summed E-state index contributed by atoms with van der Waals surface area (Å²) in [5, 5.41) is 2.05. The van der Waals surface area contributed by atoms with Crippen LogP contribution in [-0.4, -0.2) is 67.7 Å². The van der Waals surface area contributed by atoms with Crippen LogP contribution in [0, 0.1) is 5.41 Å². The Balaban J connectivity index is 2.40. The lowest BCUT2D eigenvalue weighted by molar-refractivity contribution is -0.159. The van der Waals surface area contributed by atoms with Gasteiger partial charge in [-0.2, -0.15) is 26.3 Å². The first-order chi connectivity index (χ1) is 15.9. The number of carbonyl (C=O) groups excluding carboxylic acids is 3. The van der Waals surface area contributed by atoms with Crippen LogP contribution < -0.4 is 16.0 Å². The van der Waals surface area contributed by atoms with Gasteiger partial charge in [0.05, 0.1) is 24.4 Å². The van der Waals surface area contributed by atoms with E-state index < -0.39 is 71.6 Å². The molecule has 14 heteroatoms. The molecular formula is C21H26F6N4O4. The van der Waals surface area contributed by atoms with E-state index in [4.69, 9.17) is 10.5 Å². The molecule has 0 radical (unpaired) electrons. The van der Waals surface area contributed by atoms with Gasteiger partial charge < -0.3 is 20.7 Å². The van der Waals surface area contributed by atoms with Crippen molar-refractivity contribution in [1.29, 1.82) is 0 Å². The molecule has 1 atom stereocenters. The first-order valence-corrected chi connectivity index (χ1v) is 10.4. The summed E-state index contributed by atoms with van der Waals surface area (Å²) in [6.45, 7) is 2.21. The number of morpholine rings is 1. The highest BCUT2D eigenvalue weighted by Gasteiger charge is 2.41. The fraction of sp³-hybridized carbons (Fsp3) is 0.571. The molecule has 1 aliphatic rings. The van der Waals surface area contributed by atoms with Gasteiger partial charge in [0.1, 0.15) is 6.61 Å². The molecule has 1 aromatic carbocycles. The first kappa shape index (κ1) is 28.4. The van der Waals surface area contributed by atoms with Gasteiger partial charge in [-0.3, -0.25) is 19.3 Å². The van der Waals surface area contributed by atoms with Crippen LogP contribution in [-0.2, 0) is 25.3 Å². The number of anilines is 2. The number of benzene rings is 1. The topological polar surface area (TPSA) is 105 Å². The quantitative estimate of drug-likeness (QED) is 0.432. The molecule has 1 fully saturated rings. The predicted octanol–water partition coefficient (Wildman–Crippen LogP) is 2.77. The van der Waals surface area contributed by atoms with Crippen molar-refractivity contribution < 1.29 is 45.5 Å². The molecule has 1 saturated heterocycles. The van der Waals surface area contributed by atoms with Gasteiger partial charge in [0.25, 0.3) is 11.8 Å². The standard InChI is InChI=1S/C21H26F6N4O4/c1-19(2,3)10-30(11-20(22,23)24)16(17(28)33)18(34)29-12-4-5-14(13(8-12)21(25,26)27)31-6-7-35-9-15(31)32/h4-5,8,16H,6-7,9-11H2,1-3H3,(H2,28,33)(H,29,34)/t16-/m1/s1. The Labute approximate surface area is 197 Å². The SMILES string of the molecule is CC(C)(C)CN(CC(F)(F)F)[C@H](C(N)=O)C(=O)Nc1ccc(N2CCOCC2=O)c(C(F)(F)F)c1. The van der Waals surface area contributed by atoms with Crippen molar-refractivity contribution in [2.24, 2.45) is 11.1 Å². The van der Waals surface area contributed by atoms with Crippen LogP contribution in [0.15, 0.2) is 18.2 Å². The third-order valence-electron chi connectivity index (χ3n) is 4.79. The zero-order valence-corrected chi connectivity index (χ0v) is 19.2. The minimum atomic E-state index is -4.94.